The Balaban J connectivity index is 1.57. The number of halogens is 1. The molecule has 0 spiro atoms. The fourth-order valence-corrected chi connectivity index (χ4v) is 9.46. The average molecular weight is 551 g/mol. The number of fused-ring (bicyclic) bond motifs is 2. The molecule has 1 N–H and O–H groups in total. The molecule has 0 saturated heterocycles. The van der Waals surface area contributed by atoms with Crippen LogP contribution in [0.15, 0.2) is 41.8 Å². The van der Waals surface area contributed by atoms with E-state index in [9.17, 15) is 18.3 Å². The van der Waals surface area contributed by atoms with E-state index < -0.39 is 15.9 Å². The third kappa shape index (κ3) is 5.02. The third-order valence-electron chi connectivity index (χ3n) is 8.26. The fraction of sp³-hybridized carbons (Fsp3) is 0.556. The van der Waals surface area contributed by atoms with Crippen molar-refractivity contribution in [1.82, 2.24) is 9.88 Å². The maximum atomic E-state index is 13.0. The second kappa shape index (κ2) is 10.2. The van der Waals surface area contributed by atoms with Gasteiger partial charge in [0.25, 0.3) is 0 Å². The highest BCUT2D eigenvalue weighted by atomic mass is 35.5. The second-order valence-corrected chi connectivity index (χ2v) is 14.4. The molecule has 1 unspecified atom stereocenters. The smallest absolute Gasteiger partial charge is 0.225 e. The van der Waals surface area contributed by atoms with E-state index in [1.54, 1.807) is 30.2 Å². The normalized spacial score (nSPS) is 28.6. The summed E-state index contributed by atoms with van der Waals surface area (Å²) in [5.41, 5.74) is 0.767. The summed E-state index contributed by atoms with van der Waals surface area (Å²) in [7, 11) is -1.78. The van der Waals surface area contributed by atoms with Gasteiger partial charge < -0.3 is 10.0 Å². The zero-order valence-electron chi connectivity index (χ0n) is 21.3. The van der Waals surface area contributed by atoms with E-state index in [2.05, 4.69) is 20.4 Å². The molecule has 0 radical (unpaired) electrons. The average Bonchev–Trinajstić information content (AvgIpc) is 3.19. The summed E-state index contributed by atoms with van der Waals surface area (Å²) in [5.74, 6) is -0.643. The van der Waals surface area contributed by atoms with Crippen LogP contribution in [0.25, 0.3) is 0 Å². The van der Waals surface area contributed by atoms with E-state index in [1.807, 2.05) is 6.92 Å². The number of aliphatic hydroxyl groups excluding tert-OH is 1. The number of aliphatic hydroxyl groups is 1. The summed E-state index contributed by atoms with van der Waals surface area (Å²) < 4.78 is 26.0. The Kier molecular flexibility index (Phi) is 7.73. The molecule has 6 nitrogen and oxygen atoms in total. The topological polar surface area (TPSA) is 87.6 Å². The van der Waals surface area contributed by atoms with E-state index in [-0.39, 0.29) is 45.6 Å². The van der Waals surface area contributed by atoms with Crippen LogP contribution in [-0.2, 0) is 26.8 Å². The molecule has 2 aliphatic rings. The summed E-state index contributed by atoms with van der Waals surface area (Å²) >= 11 is 7.39. The van der Waals surface area contributed by atoms with Crippen LogP contribution in [0.5, 0.6) is 0 Å². The molecule has 0 bridgehead atoms. The lowest BCUT2D eigenvalue weighted by atomic mass is 9.53. The lowest BCUT2D eigenvalue weighted by molar-refractivity contribution is -0.143. The van der Waals surface area contributed by atoms with Crippen molar-refractivity contribution in [2.24, 2.45) is 23.2 Å². The van der Waals surface area contributed by atoms with Crippen LogP contribution in [-0.4, -0.2) is 49.0 Å². The zero-order chi connectivity index (χ0) is 26.4. The van der Waals surface area contributed by atoms with Gasteiger partial charge in [-0.2, -0.15) is 0 Å². The molecule has 2 aliphatic carbocycles. The number of amides is 1. The van der Waals surface area contributed by atoms with Gasteiger partial charge in [-0.15, -0.1) is 17.9 Å². The first-order valence-corrected chi connectivity index (χ1v) is 15.2. The van der Waals surface area contributed by atoms with Crippen molar-refractivity contribution in [1.29, 1.82) is 0 Å². The molecule has 1 aromatic heterocycles. The Hall–Kier alpha value is -1.74. The van der Waals surface area contributed by atoms with Gasteiger partial charge in [-0.1, -0.05) is 38.4 Å². The zero-order valence-corrected chi connectivity index (χ0v) is 23.7. The van der Waals surface area contributed by atoms with Crippen molar-refractivity contribution in [2.45, 2.75) is 62.7 Å². The molecule has 1 fully saturated rings. The molecule has 6 atom stereocenters. The lowest BCUT2D eigenvalue weighted by Crippen LogP contribution is -2.53. The molecule has 1 heterocycles. The van der Waals surface area contributed by atoms with Crippen LogP contribution in [0.2, 0.25) is 5.02 Å². The van der Waals surface area contributed by atoms with Crippen molar-refractivity contribution >= 4 is 38.7 Å². The predicted molar refractivity (Wildman–Crippen MR) is 144 cm³/mol. The van der Waals surface area contributed by atoms with Gasteiger partial charge in [0.05, 0.1) is 16.7 Å². The lowest BCUT2D eigenvalue weighted by Gasteiger charge is -2.53. The van der Waals surface area contributed by atoms with Gasteiger partial charge in [-0.05, 0) is 60.8 Å². The summed E-state index contributed by atoms with van der Waals surface area (Å²) in [4.78, 5) is 20.8. The molecule has 2 aromatic rings. The van der Waals surface area contributed by atoms with Gasteiger partial charge in [0.1, 0.15) is 10.8 Å². The Bertz CT molecular complexity index is 1240. The maximum absolute atomic E-state index is 13.0. The molecule has 1 aromatic carbocycles. The molecule has 4 rings (SSSR count). The summed E-state index contributed by atoms with van der Waals surface area (Å²) in [6.07, 6.45) is 3.52. The number of hydrogen-bond donors (Lipinski definition) is 1. The number of sulfone groups is 1. The van der Waals surface area contributed by atoms with Crippen LogP contribution < -0.4 is 0 Å². The van der Waals surface area contributed by atoms with E-state index in [4.69, 9.17) is 16.6 Å². The number of thiazole rings is 1. The fourth-order valence-electron chi connectivity index (χ4n) is 6.36. The van der Waals surface area contributed by atoms with E-state index in [0.717, 1.165) is 29.8 Å². The van der Waals surface area contributed by atoms with Gasteiger partial charge in [0, 0.05) is 35.3 Å². The minimum atomic E-state index is -3.55. The first kappa shape index (κ1) is 27.3. The van der Waals surface area contributed by atoms with Crippen molar-refractivity contribution in [3.05, 3.63) is 57.5 Å². The highest BCUT2D eigenvalue weighted by molar-refractivity contribution is 7.90. The number of aromatic nitrogens is 1. The van der Waals surface area contributed by atoms with Crippen LogP contribution in [0.1, 0.15) is 55.1 Å². The molecule has 36 heavy (non-hydrogen) atoms. The van der Waals surface area contributed by atoms with Gasteiger partial charge in [0.15, 0.2) is 9.84 Å². The van der Waals surface area contributed by atoms with E-state index in [0.29, 0.717) is 16.6 Å². The van der Waals surface area contributed by atoms with Gasteiger partial charge in [-0.25, -0.2) is 13.4 Å². The van der Waals surface area contributed by atoms with Crippen molar-refractivity contribution < 1.29 is 18.3 Å². The van der Waals surface area contributed by atoms with Crippen molar-refractivity contribution in [3.8, 4) is 0 Å². The minimum absolute atomic E-state index is 0.0232. The van der Waals surface area contributed by atoms with E-state index >= 15 is 0 Å². The largest absolute Gasteiger partial charge is 0.392 e. The van der Waals surface area contributed by atoms with Crippen LogP contribution in [0, 0.1) is 23.2 Å². The Morgan fingerprint density at radius 3 is 2.69 bits per heavy atom. The summed E-state index contributed by atoms with van der Waals surface area (Å²) in [6, 6.07) is 6.20. The SMILES string of the molecule is C=CCN(C)C(=O)[C@@H](C)C1CC[C@@]2(C)Cc3sc(CS(=O)(=O)c4ccc(Cl)cc4)nc3[C@@H](C)[C@@H]2[C@H]1O. The van der Waals surface area contributed by atoms with Crippen molar-refractivity contribution in [3.63, 3.8) is 0 Å². The predicted octanol–water partition coefficient (Wildman–Crippen LogP) is 5.10. The van der Waals surface area contributed by atoms with E-state index in [1.165, 1.54) is 23.5 Å². The molecule has 0 aliphatic heterocycles. The minimum Gasteiger partial charge on any atom is -0.392 e. The van der Waals surface area contributed by atoms with Crippen LogP contribution in [0.3, 0.4) is 0 Å². The third-order valence-corrected chi connectivity index (χ3v) is 11.4. The van der Waals surface area contributed by atoms with Crippen LogP contribution in [0.4, 0.5) is 0 Å². The highest BCUT2D eigenvalue weighted by Crippen LogP contribution is 2.57. The number of nitrogens with zero attached hydrogens (tertiary/aromatic N) is 2. The molecule has 1 saturated carbocycles. The summed E-state index contributed by atoms with van der Waals surface area (Å²) in [5, 5.41) is 12.7. The number of carbonyl (C=O) groups excluding carboxylic acids is 1. The van der Waals surface area contributed by atoms with Gasteiger partial charge in [0.2, 0.25) is 5.91 Å². The quantitative estimate of drug-likeness (QED) is 0.484. The Morgan fingerprint density at radius 2 is 2.06 bits per heavy atom. The number of carbonyl (C=O) groups is 1. The molecule has 1 amide bonds. The van der Waals surface area contributed by atoms with Gasteiger partial charge in [-0.3, -0.25) is 4.79 Å². The number of hydrogen-bond acceptors (Lipinski definition) is 6. The first-order chi connectivity index (χ1) is 16.9. The number of benzene rings is 1. The second-order valence-electron chi connectivity index (χ2n) is 10.8. The number of likely N-dealkylation sites (N-methyl/N-ethyl adjacent to an activating group) is 1. The molecule has 9 heteroatoms. The summed E-state index contributed by atoms with van der Waals surface area (Å²) in [6.45, 7) is 10.4. The standard InChI is InChI=1S/C27H35ClN2O4S2/c1-6-13-30(5)26(32)16(2)20-11-12-27(4)14-21-24(17(3)23(27)25(20)31)29-22(35-21)15-36(33,34)19-9-7-18(28)8-10-19/h6-10,16-17,20,23,25,31H,1,11-15H2,2-5H3/t16-,17-,20?,23+,25-,27-/m0/s1. The molecular weight excluding hydrogens is 516 g/mol. The molecule has 196 valence electrons. The maximum Gasteiger partial charge on any atom is 0.225 e. The van der Waals surface area contributed by atoms with Crippen LogP contribution >= 0.6 is 22.9 Å². The molecular formula is C27H35ClN2O4S2. The monoisotopic (exact) mass is 550 g/mol. The highest BCUT2D eigenvalue weighted by Gasteiger charge is 2.54. The first-order valence-electron chi connectivity index (χ1n) is 12.4. The van der Waals surface area contributed by atoms with Crippen molar-refractivity contribution in [2.75, 3.05) is 13.6 Å². The number of rotatable bonds is 7. The Morgan fingerprint density at radius 1 is 1.39 bits per heavy atom. The van der Waals surface area contributed by atoms with Gasteiger partial charge >= 0.3 is 0 Å². The Labute approximate surface area is 223 Å².